The van der Waals surface area contributed by atoms with Gasteiger partial charge in [-0.15, -0.1) is 0 Å². The van der Waals surface area contributed by atoms with Crippen LogP contribution in [0.2, 0.25) is 0 Å². The predicted octanol–water partition coefficient (Wildman–Crippen LogP) is 2.99. The van der Waals surface area contributed by atoms with Gasteiger partial charge in [-0.3, -0.25) is 0 Å². The van der Waals surface area contributed by atoms with Crippen LogP contribution in [0.1, 0.15) is 41.5 Å². The summed E-state index contributed by atoms with van der Waals surface area (Å²) >= 11 is 0. The third-order valence-electron chi connectivity index (χ3n) is 3.07. The third-order valence-corrected chi connectivity index (χ3v) is 3.07. The van der Waals surface area contributed by atoms with Gasteiger partial charge in [-0.25, -0.2) is 0 Å². The first kappa shape index (κ1) is 9.25. The zero-order valence-electron chi connectivity index (χ0n) is 8.83. The minimum Gasteiger partial charge on any atom is -0.411 e. The Kier molecular flexibility index (Phi) is 2.06. The summed E-state index contributed by atoms with van der Waals surface area (Å²) in [6, 6.07) is 4.24. The molecule has 1 atom stereocenters. The first-order valence-electron chi connectivity index (χ1n) is 4.96. The molecule has 1 unspecified atom stereocenters. The van der Waals surface area contributed by atoms with Crippen molar-refractivity contribution in [3.63, 3.8) is 0 Å². The Bertz CT molecular complexity index is 407. The van der Waals surface area contributed by atoms with E-state index < -0.39 is 0 Å². The van der Waals surface area contributed by atoms with Gasteiger partial charge in [0.05, 0.1) is 5.71 Å². The molecule has 2 heteroatoms. The number of fused-ring (bicyclic) bond motifs is 1. The Morgan fingerprint density at radius 2 is 1.93 bits per heavy atom. The number of hydrogen-bond donors (Lipinski definition) is 1. The summed E-state index contributed by atoms with van der Waals surface area (Å²) < 4.78 is 0. The SMILES string of the molecule is Cc1ccc(C)c2c1/C(=N/O)CC2C. The maximum absolute atomic E-state index is 8.93. The Balaban J connectivity index is 2.73. The van der Waals surface area contributed by atoms with Crippen LogP contribution in [0.25, 0.3) is 0 Å². The highest BCUT2D eigenvalue weighted by Gasteiger charge is 2.27. The van der Waals surface area contributed by atoms with Gasteiger partial charge >= 0.3 is 0 Å². The summed E-state index contributed by atoms with van der Waals surface area (Å²) in [6.07, 6.45) is 0.859. The molecular weight excluding hydrogens is 174 g/mol. The van der Waals surface area contributed by atoms with Crippen molar-refractivity contribution in [2.45, 2.75) is 33.1 Å². The number of hydrogen-bond acceptors (Lipinski definition) is 2. The maximum atomic E-state index is 8.93. The molecule has 0 amide bonds. The van der Waals surface area contributed by atoms with Gasteiger partial charge in [0.1, 0.15) is 0 Å². The molecule has 0 saturated carbocycles. The van der Waals surface area contributed by atoms with Gasteiger partial charge in [-0.1, -0.05) is 24.2 Å². The molecule has 1 aliphatic carbocycles. The van der Waals surface area contributed by atoms with Crippen molar-refractivity contribution in [3.8, 4) is 0 Å². The fourth-order valence-electron chi connectivity index (χ4n) is 2.44. The molecule has 0 bridgehead atoms. The van der Waals surface area contributed by atoms with Crippen LogP contribution in [0.4, 0.5) is 0 Å². The van der Waals surface area contributed by atoms with Crippen molar-refractivity contribution in [1.29, 1.82) is 0 Å². The van der Waals surface area contributed by atoms with Crippen LogP contribution in [-0.4, -0.2) is 10.9 Å². The Morgan fingerprint density at radius 3 is 2.57 bits per heavy atom. The average molecular weight is 189 g/mol. The highest BCUT2D eigenvalue weighted by atomic mass is 16.4. The fraction of sp³-hybridized carbons (Fsp3) is 0.417. The van der Waals surface area contributed by atoms with Gasteiger partial charge in [-0.2, -0.15) is 0 Å². The molecule has 0 fully saturated rings. The number of benzene rings is 1. The topological polar surface area (TPSA) is 32.6 Å². The van der Waals surface area contributed by atoms with E-state index in [1.807, 2.05) is 0 Å². The normalized spacial score (nSPS) is 22.8. The van der Waals surface area contributed by atoms with Gasteiger partial charge in [-0.05, 0) is 36.5 Å². The molecule has 0 spiro atoms. The lowest BCUT2D eigenvalue weighted by Crippen LogP contribution is -1.98. The summed E-state index contributed by atoms with van der Waals surface area (Å²) in [5.74, 6) is 0.482. The van der Waals surface area contributed by atoms with Gasteiger partial charge in [0.2, 0.25) is 0 Å². The summed E-state index contributed by atoms with van der Waals surface area (Å²) in [5.41, 5.74) is 5.88. The van der Waals surface area contributed by atoms with Crippen LogP contribution in [0.15, 0.2) is 17.3 Å². The molecular formula is C12H15NO. The Labute approximate surface area is 84.3 Å². The number of aryl methyl sites for hydroxylation is 2. The second-order valence-corrected chi connectivity index (χ2v) is 4.14. The number of oxime groups is 1. The van der Waals surface area contributed by atoms with Gasteiger partial charge in [0, 0.05) is 12.0 Å². The van der Waals surface area contributed by atoms with Gasteiger partial charge in [0.15, 0.2) is 0 Å². The lowest BCUT2D eigenvalue weighted by molar-refractivity contribution is 0.318. The van der Waals surface area contributed by atoms with Crippen LogP contribution in [0, 0.1) is 13.8 Å². The second-order valence-electron chi connectivity index (χ2n) is 4.14. The highest BCUT2D eigenvalue weighted by Crippen LogP contribution is 2.37. The highest BCUT2D eigenvalue weighted by molar-refractivity contribution is 6.06. The van der Waals surface area contributed by atoms with E-state index in [0.717, 1.165) is 12.1 Å². The molecule has 1 N–H and O–H groups in total. The summed E-state index contributed by atoms with van der Waals surface area (Å²) in [7, 11) is 0. The molecule has 2 rings (SSSR count). The van der Waals surface area contributed by atoms with Crippen molar-refractivity contribution in [3.05, 3.63) is 34.4 Å². The second kappa shape index (κ2) is 3.12. The molecule has 0 radical (unpaired) electrons. The first-order valence-corrected chi connectivity index (χ1v) is 4.96. The fourth-order valence-corrected chi connectivity index (χ4v) is 2.44. The van der Waals surface area contributed by atoms with E-state index in [2.05, 4.69) is 38.1 Å². The molecule has 1 aromatic carbocycles. The quantitative estimate of drug-likeness (QED) is 0.494. The molecule has 0 heterocycles. The maximum Gasteiger partial charge on any atom is 0.0879 e. The predicted molar refractivity (Wildman–Crippen MR) is 57.3 cm³/mol. The van der Waals surface area contributed by atoms with Crippen LogP contribution in [0.3, 0.4) is 0 Å². The number of nitrogens with zero attached hydrogens (tertiary/aromatic N) is 1. The van der Waals surface area contributed by atoms with E-state index >= 15 is 0 Å². The molecule has 74 valence electrons. The van der Waals surface area contributed by atoms with Crippen molar-refractivity contribution >= 4 is 5.71 Å². The van der Waals surface area contributed by atoms with E-state index in [4.69, 9.17) is 5.21 Å². The zero-order valence-corrected chi connectivity index (χ0v) is 8.83. The summed E-state index contributed by atoms with van der Waals surface area (Å²) in [6.45, 7) is 6.38. The molecule has 1 aromatic rings. The zero-order chi connectivity index (χ0) is 10.3. The molecule has 2 nitrogen and oxygen atoms in total. The Hall–Kier alpha value is -1.31. The van der Waals surface area contributed by atoms with Crippen molar-refractivity contribution in [1.82, 2.24) is 0 Å². The minimum atomic E-state index is 0.482. The molecule has 0 aliphatic heterocycles. The van der Waals surface area contributed by atoms with Crippen LogP contribution < -0.4 is 0 Å². The Morgan fingerprint density at radius 1 is 1.29 bits per heavy atom. The molecule has 14 heavy (non-hydrogen) atoms. The van der Waals surface area contributed by atoms with E-state index in [9.17, 15) is 0 Å². The standard InChI is InChI=1S/C12H15NO/c1-7-4-5-8(2)12-10(13-14)6-9(3)11(7)12/h4-5,9,14H,6H2,1-3H3/b13-10+. The smallest absolute Gasteiger partial charge is 0.0879 e. The van der Waals surface area contributed by atoms with E-state index in [1.54, 1.807) is 0 Å². The van der Waals surface area contributed by atoms with Gasteiger partial charge in [0.25, 0.3) is 0 Å². The lowest BCUT2D eigenvalue weighted by Gasteiger charge is -2.09. The third kappa shape index (κ3) is 1.14. The largest absolute Gasteiger partial charge is 0.411 e. The lowest BCUT2D eigenvalue weighted by atomic mass is 9.95. The van der Waals surface area contributed by atoms with Crippen molar-refractivity contribution < 1.29 is 5.21 Å². The van der Waals surface area contributed by atoms with Crippen molar-refractivity contribution in [2.75, 3.05) is 0 Å². The van der Waals surface area contributed by atoms with Crippen LogP contribution in [-0.2, 0) is 0 Å². The minimum absolute atomic E-state index is 0.482. The van der Waals surface area contributed by atoms with Crippen LogP contribution >= 0.6 is 0 Å². The van der Waals surface area contributed by atoms with Crippen molar-refractivity contribution in [2.24, 2.45) is 5.16 Å². The first-order chi connectivity index (χ1) is 6.65. The summed E-state index contributed by atoms with van der Waals surface area (Å²) in [4.78, 5) is 0. The van der Waals surface area contributed by atoms with Crippen LogP contribution in [0.5, 0.6) is 0 Å². The van der Waals surface area contributed by atoms with E-state index in [-0.39, 0.29) is 0 Å². The average Bonchev–Trinajstić information content (AvgIpc) is 2.50. The van der Waals surface area contributed by atoms with E-state index in [1.165, 1.54) is 22.3 Å². The van der Waals surface area contributed by atoms with Gasteiger partial charge < -0.3 is 5.21 Å². The molecule has 0 aromatic heterocycles. The van der Waals surface area contributed by atoms with E-state index in [0.29, 0.717) is 5.92 Å². The number of rotatable bonds is 0. The molecule has 0 saturated heterocycles. The molecule has 1 aliphatic rings. The summed E-state index contributed by atoms with van der Waals surface area (Å²) in [5, 5.41) is 12.3. The monoisotopic (exact) mass is 189 g/mol.